The summed E-state index contributed by atoms with van der Waals surface area (Å²) in [5.74, 6) is -0.713. The molecule has 28 heavy (non-hydrogen) atoms. The van der Waals surface area contributed by atoms with Gasteiger partial charge in [0.2, 0.25) is 0 Å². The third kappa shape index (κ3) is 4.42. The fraction of sp³-hybridized carbons (Fsp3) is 0.105. The average molecular weight is 425 g/mol. The van der Waals surface area contributed by atoms with Crippen molar-refractivity contribution in [1.82, 2.24) is 0 Å². The molecular formula is C19H14F3NO3S2. The van der Waals surface area contributed by atoms with E-state index < -0.39 is 17.7 Å². The summed E-state index contributed by atoms with van der Waals surface area (Å²) in [4.78, 5) is 11.5. The number of benzene rings is 2. The molecule has 0 fully saturated rings. The van der Waals surface area contributed by atoms with Crippen LogP contribution in [0.4, 0.5) is 18.9 Å². The lowest BCUT2D eigenvalue weighted by Crippen LogP contribution is -2.06. The van der Waals surface area contributed by atoms with E-state index in [-0.39, 0.29) is 11.1 Å². The van der Waals surface area contributed by atoms with Gasteiger partial charge in [0, 0.05) is 10.4 Å². The number of carboxylic acids is 1. The summed E-state index contributed by atoms with van der Waals surface area (Å²) < 4.78 is 48.6. The third-order valence-electron chi connectivity index (χ3n) is 3.79. The highest BCUT2D eigenvalue weighted by Crippen LogP contribution is 2.41. The maximum absolute atomic E-state index is 13.2. The Hall–Kier alpha value is -2.65. The van der Waals surface area contributed by atoms with Gasteiger partial charge in [-0.2, -0.15) is 13.2 Å². The predicted molar refractivity (Wildman–Crippen MR) is 104 cm³/mol. The highest BCUT2D eigenvalue weighted by molar-refractivity contribution is 8.02. The number of aromatic carboxylic acids is 1. The molecule has 4 nitrogen and oxygen atoms in total. The number of halogens is 3. The molecule has 146 valence electrons. The minimum Gasteiger partial charge on any atom is -0.495 e. The first-order valence-corrected chi connectivity index (χ1v) is 9.53. The van der Waals surface area contributed by atoms with Gasteiger partial charge in [0.05, 0.1) is 28.1 Å². The van der Waals surface area contributed by atoms with Gasteiger partial charge in [-0.25, -0.2) is 4.79 Å². The van der Waals surface area contributed by atoms with Crippen molar-refractivity contribution in [3.05, 3.63) is 65.7 Å². The molecule has 0 aliphatic heterocycles. The van der Waals surface area contributed by atoms with Crippen molar-refractivity contribution < 1.29 is 27.8 Å². The van der Waals surface area contributed by atoms with Crippen molar-refractivity contribution in [2.45, 2.75) is 10.4 Å². The van der Waals surface area contributed by atoms with E-state index in [2.05, 4.69) is 4.72 Å². The summed E-state index contributed by atoms with van der Waals surface area (Å²) in [5.41, 5.74) is 0.111. The van der Waals surface area contributed by atoms with Gasteiger partial charge < -0.3 is 14.6 Å². The first-order valence-electron chi connectivity index (χ1n) is 7.90. The van der Waals surface area contributed by atoms with E-state index >= 15 is 0 Å². The van der Waals surface area contributed by atoms with Crippen LogP contribution in [0.1, 0.15) is 15.9 Å². The molecule has 0 spiro atoms. The molecular weight excluding hydrogens is 411 g/mol. The summed E-state index contributed by atoms with van der Waals surface area (Å²) in [6.07, 6.45) is -4.43. The second kappa shape index (κ2) is 8.15. The highest BCUT2D eigenvalue weighted by atomic mass is 32.2. The van der Waals surface area contributed by atoms with Crippen LogP contribution in [0, 0.1) is 0 Å². The highest BCUT2D eigenvalue weighted by Gasteiger charge is 2.33. The molecule has 2 N–H and O–H groups in total. The summed E-state index contributed by atoms with van der Waals surface area (Å²) in [5, 5.41) is 9.03. The van der Waals surface area contributed by atoms with E-state index in [1.165, 1.54) is 54.7 Å². The van der Waals surface area contributed by atoms with Crippen molar-refractivity contribution in [3.8, 4) is 16.2 Å². The number of carbonyl (C=O) groups is 1. The molecule has 0 atom stereocenters. The van der Waals surface area contributed by atoms with Crippen LogP contribution in [-0.2, 0) is 6.18 Å². The molecule has 0 saturated carbocycles. The molecule has 3 aromatic rings. The van der Waals surface area contributed by atoms with Gasteiger partial charge in [0.1, 0.15) is 5.75 Å². The van der Waals surface area contributed by atoms with Crippen molar-refractivity contribution in [3.63, 3.8) is 0 Å². The van der Waals surface area contributed by atoms with Gasteiger partial charge in [-0.15, -0.1) is 11.3 Å². The number of anilines is 1. The monoisotopic (exact) mass is 425 g/mol. The Kier molecular flexibility index (Phi) is 5.85. The fourth-order valence-electron chi connectivity index (χ4n) is 2.48. The van der Waals surface area contributed by atoms with E-state index in [0.717, 1.165) is 10.3 Å². The van der Waals surface area contributed by atoms with Crippen LogP contribution < -0.4 is 9.46 Å². The van der Waals surface area contributed by atoms with Crippen LogP contribution in [0.15, 0.2) is 58.8 Å². The fourth-order valence-corrected chi connectivity index (χ4v) is 4.33. The van der Waals surface area contributed by atoms with Crippen molar-refractivity contribution in [1.29, 1.82) is 0 Å². The van der Waals surface area contributed by atoms with Gasteiger partial charge >= 0.3 is 12.1 Å². The van der Waals surface area contributed by atoms with Gasteiger partial charge in [-0.3, -0.25) is 0 Å². The second-order valence-electron chi connectivity index (χ2n) is 5.59. The lowest BCUT2D eigenvalue weighted by atomic mass is 10.1. The van der Waals surface area contributed by atoms with E-state index in [1.54, 1.807) is 24.3 Å². The topological polar surface area (TPSA) is 58.6 Å². The zero-order valence-corrected chi connectivity index (χ0v) is 16.0. The van der Waals surface area contributed by atoms with E-state index in [1.807, 2.05) is 0 Å². The summed E-state index contributed by atoms with van der Waals surface area (Å²) >= 11 is 2.43. The van der Waals surface area contributed by atoms with E-state index in [9.17, 15) is 18.0 Å². The molecule has 0 aliphatic carbocycles. The number of thiophene rings is 1. The number of nitrogens with one attached hydrogen (secondary N) is 1. The van der Waals surface area contributed by atoms with Crippen LogP contribution in [0.5, 0.6) is 5.75 Å². The molecule has 0 unspecified atom stereocenters. The second-order valence-corrected chi connectivity index (χ2v) is 7.78. The van der Waals surface area contributed by atoms with Crippen LogP contribution in [0.25, 0.3) is 10.4 Å². The third-order valence-corrected chi connectivity index (χ3v) is 5.86. The largest absolute Gasteiger partial charge is 0.495 e. The minimum atomic E-state index is -4.43. The van der Waals surface area contributed by atoms with Crippen LogP contribution >= 0.6 is 23.3 Å². The number of ether oxygens (including phenoxy) is 1. The summed E-state index contributed by atoms with van der Waals surface area (Å²) in [6, 6.07) is 13.2. The van der Waals surface area contributed by atoms with Crippen molar-refractivity contribution in [2.75, 3.05) is 11.8 Å². The van der Waals surface area contributed by atoms with Crippen LogP contribution in [0.2, 0.25) is 0 Å². The van der Waals surface area contributed by atoms with Gasteiger partial charge in [0.25, 0.3) is 0 Å². The maximum atomic E-state index is 13.2. The quantitative estimate of drug-likeness (QED) is 0.457. The minimum absolute atomic E-state index is 0.0922. The Morgan fingerprint density at radius 1 is 1.14 bits per heavy atom. The van der Waals surface area contributed by atoms with E-state index in [4.69, 9.17) is 9.84 Å². The van der Waals surface area contributed by atoms with Gasteiger partial charge in [0.15, 0.2) is 0 Å². The van der Waals surface area contributed by atoms with Crippen molar-refractivity contribution in [2.24, 2.45) is 0 Å². The van der Waals surface area contributed by atoms with Crippen molar-refractivity contribution >= 4 is 34.9 Å². The number of alkyl halides is 3. The Labute approximate surface area is 167 Å². The van der Waals surface area contributed by atoms with Gasteiger partial charge in [-0.05, 0) is 48.3 Å². The molecule has 0 aliphatic rings. The van der Waals surface area contributed by atoms with Gasteiger partial charge in [-0.1, -0.05) is 18.2 Å². The molecule has 3 rings (SSSR count). The first-order chi connectivity index (χ1) is 13.3. The SMILES string of the molecule is COc1cc(C(=O)O)ccc1NSc1ccc(-c2ccccc2C(F)(F)F)s1. The standard InChI is InChI=1S/C19H14F3NO3S2/c1-26-15-10-11(18(24)25)6-7-14(15)23-28-17-9-8-16(27-17)12-4-2-3-5-13(12)19(20,21)22/h2-10,23H,1H3,(H,24,25). The number of methoxy groups -OCH3 is 1. The number of hydrogen-bond acceptors (Lipinski definition) is 5. The molecule has 0 saturated heterocycles. The summed E-state index contributed by atoms with van der Waals surface area (Å²) in [7, 11) is 1.42. The molecule has 1 aromatic heterocycles. The predicted octanol–water partition coefficient (Wildman–Crippen LogP) is 6.26. The number of carboxylic acid groups (broad SMARTS) is 1. The number of hydrogen-bond donors (Lipinski definition) is 2. The summed E-state index contributed by atoms with van der Waals surface area (Å²) in [6.45, 7) is 0. The molecule has 0 amide bonds. The Bertz CT molecular complexity index is 1000. The number of rotatable bonds is 6. The molecule has 0 bridgehead atoms. The van der Waals surface area contributed by atoms with E-state index in [0.29, 0.717) is 16.3 Å². The lowest BCUT2D eigenvalue weighted by Gasteiger charge is -2.11. The Morgan fingerprint density at radius 3 is 2.57 bits per heavy atom. The molecule has 9 heteroatoms. The first kappa shape index (κ1) is 20.1. The molecule has 0 radical (unpaired) electrons. The smallest absolute Gasteiger partial charge is 0.417 e. The zero-order chi connectivity index (χ0) is 20.3. The average Bonchev–Trinajstić information content (AvgIpc) is 3.14. The molecule has 2 aromatic carbocycles. The normalized spacial score (nSPS) is 11.3. The van der Waals surface area contributed by atoms with Crippen LogP contribution in [-0.4, -0.2) is 18.2 Å². The zero-order valence-electron chi connectivity index (χ0n) is 14.4. The Balaban J connectivity index is 1.79. The maximum Gasteiger partial charge on any atom is 0.417 e. The van der Waals surface area contributed by atoms with Crippen LogP contribution in [0.3, 0.4) is 0 Å². The lowest BCUT2D eigenvalue weighted by molar-refractivity contribution is -0.137. The Morgan fingerprint density at radius 2 is 1.89 bits per heavy atom. The molecule has 1 heterocycles.